The summed E-state index contributed by atoms with van der Waals surface area (Å²) in [5.41, 5.74) is 7.93. The molecule has 18 heavy (non-hydrogen) atoms. The van der Waals surface area contributed by atoms with Gasteiger partial charge in [0.2, 0.25) is 5.95 Å². The number of fused-ring (bicyclic) bond motifs is 1. The minimum atomic E-state index is -2.46. The Morgan fingerprint density at radius 2 is 2.17 bits per heavy atom. The highest BCUT2D eigenvalue weighted by Gasteiger charge is 2.09. The fraction of sp³-hybridized carbons (Fsp3) is 0.455. The number of hydrogen-bond acceptors (Lipinski definition) is 4. The first-order valence-corrected chi connectivity index (χ1v) is 5.53. The van der Waals surface area contributed by atoms with Crippen LogP contribution in [0.3, 0.4) is 0 Å². The van der Waals surface area contributed by atoms with Gasteiger partial charge in [-0.3, -0.25) is 4.57 Å². The Kier molecular flexibility index (Phi) is 3.71. The number of nitrogen functional groups attached to an aromatic ring is 1. The summed E-state index contributed by atoms with van der Waals surface area (Å²) in [7, 11) is 0. The fourth-order valence-electron chi connectivity index (χ4n) is 1.66. The largest absolute Gasteiger partial charge is 0.374 e. The van der Waals surface area contributed by atoms with Crippen LogP contribution in [0, 0.1) is 6.92 Å². The predicted molar refractivity (Wildman–Crippen MR) is 63.5 cm³/mol. The Morgan fingerprint density at radius 1 is 1.39 bits per heavy atom. The van der Waals surface area contributed by atoms with Crippen molar-refractivity contribution in [2.45, 2.75) is 19.9 Å². The Bertz CT molecular complexity index is 541. The van der Waals surface area contributed by atoms with Gasteiger partial charge in [0.15, 0.2) is 5.65 Å². The van der Waals surface area contributed by atoms with E-state index >= 15 is 0 Å². The van der Waals surface area contributed by atoms with Crippen molar-refractivity contribution in [2.75, 3.05) is 18.9 Å². The number of imidazole rings is 1. The minimum Gasteiger partial charge on any atom is -0.374 e. The number of hydrogen-bond donors (Lipinski definition) is 1. The Labute approximate surface area is 103 Å². The molecule has 0 radical (unpaired) electrons. The van der Waals surface area contributed by atoms with Crippen molar-refractivity contribution in [3.63, 3.8) is 0 Å². The number of nitrogens with two attached hydrogens (primary N) is 1. The van der Waals surface area contributed by atoms with Crippen molar-refractivity contribution in [3.05, 3.63) is 17.8 Å². The molecule has 0 aliphatic heterocycles. The van der Waals surface area contributed by atoms with Crippen molar-refractivity contribution in [1.29, 1.82) is 0 Å². The van der Waals surface area contributed by atoms with Gasteiger partial charge in [-0.2, -0.15) is 0 Å². The third kappa shape index (κ3) is 2.73. The topological polar surface area (TPSA) is 66.0 Å². The zero-order valence-electron chi connectivity index (χ0n) is 9.94. The molecule has 0 atom stereocenters. The van der Waals surface area contributed by atoms with Gasteiger partial charge in [-0.1, -0.05) is 0 Å². The average Bonchev–Trinajstić information content (AvgIpc) is 2.60. The van der Waals surface area contributed by atoms with E-state index in [1.807, 2.05) is 19.1 Å². The van der Waals surface area contributed by atoms with E-state index in [0.29, 0.717) is 23.7 Å². The van der Waals surface area contributed by atoms with Crippen LogP contribution >= 0.6 is 0 Å². The zero-order valence-corrected chi connectivity index (χ0v) is 9.94. The number of alkyl halides is 2. The second kappa shape index (κ2) is 5.26. The predicted octanol–water partition coefficient (Wildman–Crippen LogP) is 1.60. The van der Waals surface area contributed by atoms with Crippen molar-refractivity contribution in [1.82, 2.24) is 14.5 Å². The molecule has 0 saturated heterocycles. The zero-order chi connectivity index (χ0) is 13.1. The monoisotopic (exact) mass is 256 g/mol. The molecule has 0 fully saturated rings. The van der Waals surface area contributed by atoms with Crippen LogP contribution < -0.4 is 5.73 Å². The number of nitrogens with zero attached hydrogens (tertiary/aromatic N) is 3. The molecule has 0 bridgehead atoms. The van der Waals surface area contributed by atoms with Crippen LogP contribution in [0.25, 0.3) is 11.2 Å². The third-order valence-corrected chi connectivity index (χ3v) is 2.46. The molecule has 7 heteroatoms. The second-order valence-corrected chi connectivity index (χ2v) is 3.88. The van der Waals surface area contributed by atoms with Crippen LogP contribution in [-0.2, 0) is 11.3 Å². The standard InChI is InChI=1S/C11H14F2N4O/c1-7-2-3-8-10(15-7)17(11(14)16-8)4-5-18-6-9(12)13/h2-3,9H,4-6H2,1H3,(H2,14,16). The number of aryl methyl sites for hydroxylation is 1. The maximum atomic E-state index is 11.9. The number of ether oxygens (including phenoxy) is 1. The van der Waals surface area contributed by atoms with E-state index in [4.69, 9.17) is 10.5 Å². The molecule has 2 heterocycles. The molecule has 2 aromatic rings. The fourth-order valence-corrected chi connectivity index (χ4v) is 1.66. The Balaban J connectivity index is 2.12. The first-order valence-electron chi connectivity index (χ1n) is 5.53. The summed E-state index contributed by atoms with van der Waals surface area (Å²) in [6, 6.07) is 3.66. The van der Waals surface area contributed by atoms with Gasteiger partial charge in [0.05, 0.1) is 13.2 Å². The van der Waals surface area contributed by atoms with Crippen LogP contribution in [0.1, 0.15) is 5.69 Å². The molecule has 0 spiro atoms. The first kappa shape index (κ1) is 12.7. The maximum Gasteiger partial charge on any atom is 0.261 e. The van der Waals surface area contributed by atoms with E-state index in [1.54, 1.807) is 4.57 Å². The molecule has 98 valence electrons. The van der Waals surface area contributed by atoms with Gasteiger partial charge in [-0.25, -0.2) is 18.7 Å². The maximum absolute atomic E-state index is 11.9. The second-order valence-electron chi connectivity index (χ2n) is 3.88. The smallest absolute Gasteiger partial charge is 0.261 e. The lowest BCUT2D eigenvalue weighted by Crippen LogP contribution is -2.12. The number of aromatic nitrogens is 3. The summed E-state index contributed by atoms with van der Waals surface area (Å²) in [5.74, 6) is 0.309. The normalized spacial score (nSPS) is 11.6. The lowest BCUT2D eigenvalue weighted by molar-refractivity contribution is 0.0151. The van der Waals surface area contributed by atoms with Crippen LogP contribution in [0.4, 0.5) is 14.7 Å². The van der Waals surface area contributed by atoms with Crippen LogP contribution in [0.2, 0.25) is 0 Å². The molecule has 0 saturated carbocycles. The highest BCUT2D eigenvalue weighted by molar-refractivity contribution is 5.74. The van der Waals surface area contributed by atoms with E-state index in [9.17, 15) is 8.78 Å². The minimum absolute atomic E-state index is 0.148. The summed E-state index contributed by atoms with van der Waals surface area (Å²) < 4.78 is 30.3. The van der Waals surface area contributed by atoms with Crippen molar-refractivity contribution < 1.29 is 13.5 Å². The Morgan fingerprint density at radius 3 is 2.89 bits per heavy atom. The summed E-state index contributed by atoms with van der Waals surface area (Å²) in [4.78, 5) is 8.47. The molecular formula is C11H14F2N4O. The third-order valence-electron chi connectivity index (χ3n) is 2.46. The summed E-state index contributed by atoms with van der Waals surface area (Å²) in [6.07, 6.45) is -2.46. The average molecular weight is 256 g/mol. The highest BCUT2D eigenvalue weighted by atomic mass is 19.3. The van der Waals surface area contributed by atoms with Crippen LogP contribution in [0.5, 0.6) is 0 Å². The first-order chi connectivity index (χ1) is 8.58. The van der Waals surface area contributed by atoms with E-state index < -0.39 is 13.0 Å². The van der Waals surface area contributed by atoms with Gasteiger partial charge in [0.1, 0.15) is 12.1 Å². The molecule has 0 aliphatic carbocycles. The Hall–Kier alpha value is -1.76. The number of anilines is 1. The van der Waals surface area contributed by atoms with Crippen molar-refractivity contribution in [3.8, 4) is 0 Å². The van der Waals surface area contributed by atoms with E-state index in [1.165, 1.54) is 0 Å². The summed E-state index contributed by atoms with van der Waals surface area (Å²) in [5, 5.41) is 0. The molecular weight excluding hydrogens is 242 g/mol. The van der Waals surface area contributed by atoms with Gasteiger partial charge in [-0.15, -0.1) is 0 Å². The van der Waals surface area contributed by atoms with Gasteiger partial charge in [0, 0.05) is 5.69 Å². The molecule has 0 aromatic carbocycles. The van der Waals surface area contributed by atoms with Gasteiger partial charge in [0.25, 0.3) is 6.43 Å². The summed E-state index contributed by atoms with van der Waals surface area (Å²) in [6.45, 7) is 1.79. The SMILES string of the molecule is Cc1ccc2nc(N)n(CCOCC(F)F)c2n1. The van der Waals surface area contributed by atoms with Crippen LogP contribution in [-0.4, -0.2) is 34.2 Å². The molecule has 0 unspecified atom stereocenters. The van der Waals surface area contributed by atoms with E-state index in [2.05, 4.69) is 9.97 Å². The van der Waals surface area contributed by atoms with Gasteiger partial charge < -0.3 is 10.5 Å². The number of halogens is 2. The van der Waals surface area contributed by atoms with Gasteiger partial charge >= 0.3 is 0 Å². The molecule has 2 rings (SSSR count). The lowest BCUT2D eigenvalue weighted by Gasteiger charge is -2.06. The van der Waals surface area contributed by atoms with Crippen LogP contribution in [0.15, 0.2) is 12.1 Å². The molecule has 5 nitrogen and oxygen atoms in total. The van der Waals surface area contributed by atoms with Crippen molar-refractivity contribution >= 4 is 17.1 Å². The summed E-state index contributed by atoms with van der Waals surface area (Å²) >= 11 is 0. The number of pyridine rings is 1. The molecule has 0 aliphatic rings. The lowest BCUT2D eigenvalue weighted by atomic mass is 10.3. The molecule has 2 N–H and O–H groups in total. The molecule has 2 aromatic heterocycles. The van der Waals surface area contributed by atoms with Gasteiger partial charge in [-0.05, 0) is 19.1 Å². The number of rotatable bonds is 5. The highest BCUT2D eigenvalue weighted by Crippen LogP contribution is 2.16. The van der Waals surface area contributed by atoms with E-state index in [-0.39, 0.29) is 6.61 Å². The van der Waals surface area contributed by atoms with Crippen molar-refractivity contribution in [2.24, 2.45) is 0 Å². The van der Waals surface area contributed by atoms with E-state index in [0.717, 1.165) is 5.69 Å². The molecule has 0 amide bonds. The quantitative estimate of drug-likeness (QED) is 0.825.